The summed E-state index contributed by atoms with van der Waals surface area (Å²) >= 11 is 0. The molecule has 0 spiro atoms. The number of carboxylic acid groups (broad SMARTS) is 1. The molecule has 1 aromatic heterocycles. The molecule has 2 N–H and O–H groups in total. The molecule has 92 valence electrons. The molecule has 1 heterocycles. The van der Waals surface area contributed by atoms with Crippen LogP contribution in [0.3, 0.4) is 0 Å². The summed E-state index contributed by atoms with van der Waals surface area (Å²) in [5, 5.41) is 11.9. The first-order valence-corrected chi connectivity index (χ1v) is 5.56. The normalized spacial score (nSPS) is 23.6. The van der Waals surface area contributed by atoms with Gasteiger partial charge in [0.05, 0.1) is 11.6 Å². The molecule has 17 heavy (non-hydrogen) atoms. The van der Waals surface area contributed by atoms with Crippen LogP contribution in [-0.2, 0) is 4.79 Å². The number of rotatable bonds is 3. The van der Waals surface area contributed by atoms with Crippen molar-refractivity contribution in [2.24, 2.45) is 5.92 Å². The van der Waals surface area contributed by atoms with Gasteiger partial charge in [0.2, 0.25) is 0 Å². The van der Waals surface area contributed by atoms with Crippen LogP contribution in [0.4, 0.5) is 10.2 Å². The molecule has 0 aromatic carbocycles. The first kappa shape index (κ1) is 11.8. The highest BCUT2D eigenvalue weighted by Crippen LogP contribution is 2.29. The van der Waals surface area contributed by atoms with E-state index in [4.69, 9.17) is 5.11 Å². The van der Waals surface area contributed by atoms with Crippen LogP contribution in [0.2, 0.25) is 0 Å². The van der Waals surface area contributed by atoms with Gasteiger partial charge in [-0.25, -0.2) is 14.4 Å². The van der Waals surface area contributed by atoms with Gasteiger partial charge in [-0.2, -0.15) is 0 Å². The molecule has 6 heteroatoms. The van der Waals surface area contributed by atoms with E-state index < -0.39 is 17.7 Å². The maximum atomic E-state index is 13.6. The van der Waals surface area contributed by atoms with Crippen molar-refractivity contribution in [1.29, 1.82) is 0 Å². The molecular formula is C11H14FN3O2. The molecule has 1 aliphatic rings. The predicted octanol–water partition coefficient (Wildman–Crippen LogP) is 1.59. The van der Waals surface area contributed by atoms with Gasteiger partial charge in [-0.1, -0.05) is 6.42 Å². The highest BCUT2D eigenvalue weighted by Gasteiger charge is 2.33. The van der Waals surface area contributed by atoms with Crippen LogP contribution < -0.4 is 5.32 Å². The monoisotopic (exact) mass is 239 g/mol. The molecule has 0 saturated heterocycles. The van der Waals surface area contributed by atoms with E-state index >= 15 is 0 Å². The zero-order valence-electron chi connectivity index (χ0n) is 9.48. The average Bonchev–Trinajstić information content (AvgIpc) is 2.73. The van der Waals surface area contributed by atoms with Crippen molar-refractivity contribution in [3.8, 4) is 0 Å². The number of nitrogens with one attached hydrogen (secondary N) is 1. The number of aromatic nitrogens is 2. The SMILES string of the molecule is Cc1ncnc(NC2CCCC2C(=O)O)c1F. The molecule has 0 radical (unpaired) electrons. The number of anilines is 1. The maximum absolute atomic E-state index is 13.6. The minimum Gasteiger partial charge on any atom is -0.481 e. The van der Waals surface area contributed by atoms with Crippen molar-refractivity contribution in [3.63, 3.8) is 0 Å². The van der Waals surface area contributed by atoms with E-state index in [1.807, 2.05) is 0 Å². The van der Waals surface area contributed by atoms with E-state index in [1.165, 1.54) is 6.33 Å². The molecular weight excluding hydrogens is 225 g/mol. The van der Waals surface area contributed by atoms with Gasteiger partial charge in [0, 0.05) is 6.04 Å². The van der Waals surface area contributed by atoms with Gasteiger partial charge >= 0.3 is 5.97 Å². The molecule has 0 amide bonds. The fourth-order valence-electron chi connectivity index (χ4n) is 2.16. The minimum atomic E-state index is -0.841. The van der Waals surface area contributed by atoms with Crippen LogP contribution in [-0.4, -0.2) is 27.1 Å². The Labute approximate surface area is 98.1 Å². The van der Waals surface area contributed by atoms with Crippen molar-refractivity contribution in [2.45, 2.75) is 32.2 Å². The number of aliphatic carboxylic acids is 1. The lowest BCUT2D eigenvalue weighted by molar-refractivity contribution is -0.141. The molecule has 5 nitrogen and oxygen atoms in total. The zero-order valence-corrected chi connectivity index (χ0v) is 9.48. The molecule has 0 bridgehead atoms. The van der Waals surface area contributed by atoms with E-state index in [0.29, 0.717) is 6.42 Å². The average molecular weight is 239 g/mol. The van der Waals surface area contributed by atoms with Crippen LogP contribution >= 0.6 is 0 Å². The largest absolute Gasteiger partial charge is 0.481 e. The second kappa shape index (κ2) is 4.65. The minimum absolute atomic E-state index is 0.0932. The lowest BCUT2D eigenvalue weighted by atomic mass is 10.0. The molecule has 1 fully saturated rings. The van der Waals surface area contributed by atoms with Gasteiger partial charge in [-0.15, -0.1) is 0 Å². The number of carboxylic acids is 1. The van der Waals surface area contributed by atoms with Gasteiger partial charge in [0.25, 0.3) is 0 Å². The Morgan fingerprint density at radius 2 is 2.29 bits per heavy atom. The van der Waals surface area contributed by atoms with Crippen molar-refractivity contribution >= 4 is 11.8 Å². The van der Waals surface area contributed by atoms with Gasteiger partial charge in [0.15, 0.2) is 11.6 Å². The van der Waals surface area contributed by atoms with Crippen LogP contribution in [0.15, 0.2) is 6.33 Å². The second-order valence-electron chi connectivity index (χ2n) is 4.25. The smallest absolute Gasteiger partial charge is 0.308 e. The molecule has 2 unspecified atom stereocenters. The number of hydrogen-bond acceptors (Lipinski definition) is 4. The summed E-state index contributed by atoms with van der Waals surface area (Å²) < 4.78 is 13.6. The maximum Gasteiger partial charge on any atom is 0.308 e. The highest BCUT2D eigenvalue weighted by molar-refractivity contribution is 5.72. The fraction of sp³-hybridized carbons (Fsp3) is 0.545. The first-order valence-electron chi connectivity index (χ1n) is 5.56. The number of hydrogen-bond donors (Lipinski definition) is 2. The lowest BCUT2D eigenvalue weighted by Gasteiger charge is -2.18. The molecule has 0 aliphatic heterocycles. The van der Waals surface area contributed by atoms with Crippen LogP contribution in [0.5, 0.6) is 0 Å². The van der Waals surface area contributed by atoms with Gasteiger partial charge in [0.1, 0.15) is 6.33 Å². The number of nitrogens with zero attached hydrogens (tertiary/aromatic N) is 2. The molecule has 2 atom stereocenters. The predicted molar refractivity (Wildman–Crippen MR) is 59.1 cm³/mol. The summed E-state index contributed by atoms with van der Waals surface area (Å²) in [5.74, 6) is -1.73. The lowest BCUT2D eigenvalue weighted by Crippen LogP contribution is -2.30. The second-order valence-corrected chi connectivity index (χ2v) is 4.25. The Morgan fingerprint density at radius 1 is 1.53 bits per heavy atom. The Hall–Kier alpha value is -1.72. The van der Waals surface area contributed by atoms with E-state index in [-0.39, 0.29) is 17.6 Å². The van der Waals surface area contributed by atoms with Crippen molar-refractivity contribution in [3.05, 3.63) is 17.8 Å². The van der Waals surface area contributed by atoms with Crippen molar-refractivity contribution in [1.82, 2.24) is 9.97 Å². The van der Waals surface area contributed by atoms with E-state index in [2.05, 4.69) is 15.3 Å². The van der Waals surface area contributed by atoms with E-state index in [1.54, 1.807) is 6.92 Å². The molecule has 2 rings (SSSR count). The Bertz CT molecular complexity index is 439. The van der Waals surface area contributed by atoms with E-state index in [9.17, 15) is 9.18 Å². The van der Waals surface area contributed by atoms with Gasteiger partial charge in [-0.3, -0.25) is 4.79 Å². The zero-order chi connectivity index (χ0) is 12.4. The quantitative estimate of drug-likeness (QED) is 0.837. The van der Waals surface area contributed by atoms with Crippen molar-refractivity contribution < 1.29 is 14.3 Å². The number of halogens is 1. The fourth-order valence-corrected chi connectivity index (χ4v) is 2.16. The van der Waals surface area contributed by atoms with Crippen LogP contribution in [0.25, 0.3) is 0 Å². The summed E-state index contributed by atoms with van der Waals surface area (Å²) in [7, 11) is 0. The third kappa shape index (κ3) is 2.35. The Balaban J connectivity index is 2.15. The van der Waals surface area contributed by atoms with Crippen molar-refractivity contribution in [2.75, 3.05) is 5.32 Å². The summed E-state index contributed by atoms with van der Waals surface area (Å²) in [6, 6.07) is -0.253. The third-order valence-corrected chi connectivity index (χ3v) is 3.12. The standard InChI is InChI=1S/C11H14FN3O2/c1-6-9(12)10(14-5-13-6)15-8-4-2-3-7(8)11(16)17/h5,7-8H,2-4H2,1H3,(H,16,17)(H,13,14,15). The summed E-state index contributed by atoms with van der Waals surface area (Å²) in [6.07, 6.45) is 3.45. The number of aryl methyl sites for hydroxylation is 1. The van der Waals surface area contributed by atoms with E-state index in [0.717, 1.165) is 12.8 Å². The highest BCUT2D eigenvalue weighted by atomic mass is 19.1. The molecule has 1 aliphatic carbocycles. The Morgan fingerprint density at radius 3 is 3.00 bits per heavy atom. The topological polar surface area (TPSA) is 75.1 Å². The van der Waals surface area contributed by atoms with Gasteiger partial charge < -0.3 is 10.4 Å². The first-order chi connectivity index (χ1) is 8.09. The van der Waals surface area contributed by atoms with Crippen LogP contribution in [0, 0.1) is 18.7 Å². The summed E-state index contributed by atoms with van der Waals surface area (Å²) in [6.45, 7) is 1.55. The summed E-state index contributed by atoms with van der Waals surface area (Å²) in [5.41, 5.74) is 0.257. The Kier molecular flexibility index (Phi) is 3.21. The third-order valence-electron chi connectivity index (χ3n) is 3.12. The number of carbonyl (C=O) groups is 1. The van der Waals surface area contributed by atoms with Gasteiger partial charge in [-0.05, 0) is 19.8 Å². The molecule has 1 saturated carbocycles. The summed E-state index contributed by atoms with van der Waals surface area (Å²) in [4.78, 5) is 18.5. The van der Waals surface area contributed by atoms with Crippen LogP contribution in [0.1, 0.15) is 25.0 Å². The molecule has 1 aromatic rings.